The van der Waals surface area contributed by atoms with Crippen LogP contribution in [0.3, 0.4) is 0 Å². The number of halogens is 5. The number of nitrogens with zero attached hydrogens (tertiary/aromatic N) is 6. The molecular formula is C28H27ClF4N8O4. The lowest BCUT2D eigenvalue weighted by molar-refractivity contribution is -0.147. The van der Waals surface area contributed by atoms with E-state index < -0.39 is 64.1 Å². The summed E-state index contributed by atoms with van der Waals surface area (Å²) in [5, 5.41) is 12.3. The number of amides is 2. The van der Waals surface area contributed by atoms with E-state index in [2.05, 4.69) is 20.2 Å². The number of nitrogens with one attached hydrogen (secondary N) is 1. The van der Waals surface area contributed by atoms with Crippen molar-refractivity contribution in [1.29, 1.82) is 0 Å². The topological polar surface area (TPSA) is 152 Å². The smallest absolute Gasteiger partial charge is 0.449 e. The van der Waals surface area contributed by atoms with Gasteiger partial charge in [-0.2, -0.15) is 13.2 Å². The van der Waals surface area contributed by atoms with Crippen molar-refractivity contribution in [2.45, 2.75) is 25.7 Å². The number of aromatic nitrogens is 4. The number of piperazine rings is 1. The summed E-state index contributed by atoms with van der Waals surface area (Å²) >= 11 is 6.31. The molecule has 4 aromatic rings. The van der Waals surface area contributed by atoms with Crippen molar-refractivity contribution in [3.63, 3.8) is 0 Å². The largest absolute Gasteiger partial charge is 0.504 e. The van der Waals surface area contributed by atoms with Gasteiger partial charge in [0.15, 0.2) is 11.6 Å². The number of likely N-dealkylation sites (N-methyl/N-ethyl adjacent to an activating group) is 1. The lowest BCUT2D eigenvalue weighted by Crippen LogP contribution is -2.50. The van der Waals surface area contributed by atoms with E-state index in [1.54, 1.807) is 6.07 Å². The van der Waals surface area contributed by atoms with Crippen LogP contribution in [-0.2, 0) is 24.6 Å². The molecule has 17 heteroatoms. The minimum Gasteiger partial charge on any atom is -0.504 e. The van der Waals surface area contributed by atoms with Gasteiger partial charge in [-0.15, -0.1) is 0 Å². The van der Waals surface area contributed by atoms with E-state index in [0.29, 0.717) is 12.4 Å². The summed E-state index contributed by atoms with van der Waals surface area (Å²) in [6, 6.07) is 3.45. The predicted octanol–water partition coefficient (Wildman–Crippen LogP) is 3.19. The molecule has 0 radical (unpaired) electrons. The van der Waals surface area contributed by atoms with Crippen LogP contribution < -0.4 is 21.5 Å². The maximum absolute atomic E-state index is 14.6. The SMILES string of the molecule is C[C@H]1CN(C)CCN1c1cc(NC(=O)Cn2cc(-c3cc(F)c(O)c(C(N)=O)c3)c3c(=O)n(C)c(C(F)(F)F)nc32)c(Cl)cn1. The molecule has 12 nitrogen and oxygen atoms in total. The van der Waals surface area contributed by atoms with Gasteiger partial charge in [-0.25, -0.2) is 14.4 Å². The van der Waals surface area contributed by atoms with E-state index in [0.717, 1.165) is 43.0 Å². The molecule has 238 valence electrons. The minimum absolute atomic E-state index is 0.108. The van der Waals surface area contributed by atoms with Crippen molar-refractivity contribution in [1.82, 2.24) is 24.0 Å². The molecule has 1 fully saturated rings. The normalized spacial score (nSPS) is 15.9. The molecule has 4 N–H and O–H groups in total. The molecule has 0 unspecified atom stereocenters. The van der Waals surface area contributed by atoms with Crippen LogP contribution in [0.15, 0.2) is 35.4 Å². The number of carbonyl (C=O) groups is 2. The number of benzene rings is 1. The Kier molecular flexibility index (Phi) is 8.22. The summed E-state index contributed by atoms with van der Waals surface area (Å²) in [6.07, 6.45) is -2.54. The molecular weight excluding hydrogens is 624 g/mol. The van der Waals surface area contributed by atoms with Crippen LogP contribution >= 0.6 is 11.6 Å². The molecule has 0 bridgehead atoms. The predicted molar refractivity (Wildman–Crippen MR) is 158 cm³/mol. The van der Waals surface area contributed by atoms with Crippen LogP contribution in [0.1, 0.15) is 23.1 Å². The maximum atomic E-state index is 14.6. The Bertz CT molecular complexity index is 1910. The standard InChI is InChI=1S/C28H27ClF4N8O4/c1-13-10-38(2)4-5-41(13)20-8-19(17(29)9-35-20)36-21(42)12-40-11-16(14-6-15(24(34)44)23(43)18(30)7-14)22-25(40)37-27(28(31,32)33)39(3)26(22)45/h6-9,11,13,43H,4-5,10,12H2,1-3H3,(H2,34,44)(H,35,36,42)/t13-/m0/s1. The summed E-state index contributed by atoms with van der Waals surface area (Å²) in [5.74, 6) is -5.22. The molecule has 0 spiro atoms. The third-order valence-corrected chi connectivity index (χ3v) is 7.85. The van der Waals surface area contributed by atoms with Crippen LogP contribution in [0.25, 0.3) is 22.2 Å². The quantitative estimate of drug-likeness (QED) is 0.269. The average Bonchev–Trinajstić information content (AvgIpc) is 3.30. The lowest BCUT2D eigenvalue weighted by atomic mass is 10.0. The van der Waals surface area contributed by atoms with E-state index in [4.69, 9.17) is 17.3 Å². The van der Waals surface area contributed by atoms with Gasteiger partial charge >= 0.3 is 6.18 Å². The highest BCUT2D eigenvalue weighted by atomic mass is 35.5. The van der Waals surface area contributed by atoms with Crippen LogP contribution in [-0.4, -0.2) is 73.6 Å². The fourth-order valence-electron chi connectivity index (χ4n) is 5.36. The second-order valence-corrected chi connectivity index (χ2v) is 11.2. The number of alkyl halides is 3. The number of phenols is 1. The average molecular weight is 651 g/mol. The molecule has 1 aromatic carbocycles. The highest BCUT2D eigenvalue weighted by molar-refractivity contribution is 6.33. The third kappa shape index (κ3) is 6.02. The molecule has 0 aliphatic carbocycles. The molecule has 5 rings (SSSR count). The van der Waals surface area contributed by atoms with E-state index >= 15 is 0 Å². The van der Waals surface area contributed by atoms with Gasteiger partial charge in [-0.3, -0.25) is 19.0 Å². The number of primary amides is 1. The van der Waals surface area contributed by atoms with Gasteiger partial charge in [0, 0.05) is 50.6 Å². The van der Waals surface area contributed by atoms with Gasteiger partial charge in [0.2, 0.25) is 11.7 Å². The van der Waals surface area contributed by atoms with Gasteiger partial charge in [0.05, 0.1) is 27.9 Å². The minimum atomic E-state index is -5.04. The lowest BCUT2D eigenvalue weighted by Gasteiger charge is -2.39. The number of aromatic hydroxyl groups is 1. The number of fused-ring (bicyclic) bond motifs is 1. The number of nitrogens with two attached hydrogens (primary N) is 1. The molecule has 0 saturated carbocycles. The van der Waals surface area contributed by atoms with Gasteiger partial charge < -0.3 is 30.5 Å². The zero-order valence-corrected chi connectivity index (χ0v) is 24.9. The molecule has 1 saturated heterocycles. The van der Waals surface area contributed by atoms with Gasteiger partial charge in [0.25, 0.3) is 11.5 Å². The maximum Gasteiger partial charge on any atom is 0.449 e. The molecule has 3 aromatic heterocycles. The Morgan fingerprint density at radius 3 is 2.56 bits per heavy atom. The number of anilines is 2. The van der Waals surface area contributed by atoms with Crippen molar-refractivity contribution < 1.29 is 32.3 Å². The Morgan fingerprint density at radius 1 is 1.20 bits per heavy atom. The molecule has 1 aliphatic heterocycles. The number of rotatable bonds is 6. The summed E-state index contributed by atoms with van der Waals surface area (Å²) in [5.41, 5.74) is 2.80. The highest BCUT2D eigenvalue weighted by Gasteiger charge is 2.37. The van der Waals surface area contributed by atoms with Crippen LogP contribution in [0.5, 0.6) is 5.75 Å². The third-order valence-electron chi connectivity index (χ3n) is 7.55. The Morgan fingerprint density at radius 2 is 1.91 bits per heavy atom. The van der Waals surface area contributed by atoms with Crippen molar-refractivity contribution >= 4 is 46.0 Å². The second kappa shape index (κ2) is 11.7. The molecule has 1 atom stereocenters. The molecule has 4 heterocycles. The zero-order chi connectivity index (χ0) is 33.0. The fraction of sp³-hybridized carbons (Fsp3) is 0.321. The Hall–Kier alpha value is -4.70. The summed E-state index contributed by atoms with van der Waals surface area (Å²) in [7, 11) is 2.87. The Labute approximate surface area is 257 Å². The number of pyridine rings is 1. The van der Waals surface area contributed by atoms with E-state index in [9.17, 15) is 37.1 Å². The van der Waals surface area contributed by atoms with Crippen LogP contribution in [0, 0.1) is 5.82 Å². The molecule has 45 heavy (non-hydrogen) atoms. The number of carbonyl (C=O) groups excluding carboxylic acids is 2. The first-order valence-corrected chi connectivity index (χ1v) is 13.8. The van der Waals surface area contributed by atoms with Crippen LogP contribution in [0.4, 0.5) is 29.1 Å². The van der Waals surface area contributed by atoms with Crippen molar-refractivity contribution in [3.05, 3.63) is 63.2 Å². The summed E-state index contributed by atoms with van der Waals surface area (Å²) in [6.45, 7) is 3.63. The van der Waals surface area contributed by atoms with E-state index in [1.807, 2.05) is 18.9 Å². The molecule has 2 amide bonds. The van der Waals surface area contributed by atoms with E-state index in [-0.39, 0.29) is 32.4 Å². The zero-order valence-electron chi connectivity index (χ0n) is 24.1. The first-order valence-electron chi connectivity index (χ1n) is 13.5. The van der Waals surface area contributed by atoms with E-state index in [1.165, 1.54) is 6.20 Å². The Balaban J connectivity index is 1.58. The number of hydrogen-bond acceptors (Lipinski definition) is 8. The van der Waals surface area contributed by atoms with Crippen molar-refractivity contribution in [2.24, 2.45) is 12.8 Å². The van der Waals surface area contributed by atoms with Gasteiger partial charge in [-0.05, 0) is 31.7 Å². The molecule has 1 aliphatic rings. The van der Waals surface area contributed by atoms with Crippen molar-refractivity contribution in [3.8, 4) is 16.9 Å². The van der Waals surface area contributed by atoms with Crippen molar-refractivity contribution in [2.75, 3.05) is 36.9 Å². The fourth-order valence-corrected chi connectivity index (χ4v) is 5.51. The van der Waals surface area contributed by atoms with Crippen LogP contribution in [0.2, 0.25) is 5.02 Å². The monoisotopic (exact) mass is 650 g/mol. The summed E-state index contributed by atoms with van der Waals surface area (Å²) < 4.78 is 57.3. The second-order valence-electron chi connectivity index (χ2n) is 10.8. The summed E-state index contributed by atoms with van der Waals surface area (Å²) in [4.78, 5) is 50.6. The van der Waals surface area contributed by atoms with Gasteiger partial charge in [0.1, 0.15) is 18.0 Å². The highest BCUT2D eigenvalue weighted by Crippen LogP contribution is 2.35. The first-order chi connectivity index (χ1) is 21.1. The van der Waals surface area contributed by atoms with Gasteiger partial charge in [-0.1, -0.05) is 11.6 Å². The number of hydrogen-bond donors (Lipinski definition) is 3. The first kappa shape index (κ1) is 31.7.